The van der Waals surface area contributed by atoms with Gasteiger partial charge in [-0.2, -0.15) is 0 Å². The quantitative estimate of drug-likeness (QED) is 0.484. The number of hydrogen-bond donors (Lipinski definition) is 0. The fourth-order valence-corrected chi connectivity index (χ4v) is 3.08. The maximum absolute atomic E-state index is 5.71. The molecule has 1 nitrogen and oxygen atoms in total. The minimum absolute atomic E-state index is 0. The molecule has 0 fully saturated rings. The lowest BCUT2D eigenvalue weighted by Crippen LogP contribution is -1.97. The Kier molecular flexibility index (Phi) is 5.99. The maximum atomic E-state index is 5.71. The van der Waals surface area contributed by atoms with E-state index in [9.17, 15) is 0 Å². The van der Waals surface area contributed by atoms with E-state index < -0.39 is 0 Å². The Morgan fingerprint density at radius 2 is 1.23 bits per heavy atom. The summed E-state index contributed by atoms with van der Waals surface area (Å²) in [6, 6.07) is 17.1. The highest BCUT2D eigenvalue weighted by atomic mass is 16.5. The van der Waals surface area contributed by atoms with E-state index in [0.29, 0.717) is 5.92 Å². The van der Waals surface area contributed by atoms with Gasteiger partial charge in [-0.05, 0) is 28.7 Å². The van der Waals surface area contributed by atoms with Crippen molar-refractivity contribution in [3.8, 4) is 5.75 Å². The Morgan fingerprint density at radius 1 is 0.818 bits per heavy atom. The molecule has 1 atom stereocenters. The van der Waals surface area contributed by atoms with E-state index in [4.69, 9.17) is 4.74 Å². The zero-order chi connectivity index (χ0) is 14.1. The summed E-state index contributed by atoms with van der Waals surface area (Å²) in [6.07, 6.45) is 1.14. The molecular weight excluding hydrogens is 268 g/mol. The van der Waals surface area contributed by atoms with Crippen LogP contribution in [0.4, 0.5) is 0 Å². The molecular formula is C21H28O. The van der Waals surface area contributed by atoms with Gasteiger partial charge < -0.3 is 4.74 Å². The van der Waals surface area contributed by atoms with Crippen LogP contribution >= 0.6 is 0 Å². The third-order valence-corrected chi connectivity index (χ3v) is 4.23. The SMILES string of the molecule is C.C.CCC(C)c1c2ccccc2c(OC)c2ccccc12. The van der Waals surface area contributed by atoms with Gasteiger partial charge in [0.2, 0.25) is 0 Å². The summed E-state index contributed by atoms with van der Waals surface area (Å²) >= 11 is 0. The van der Waals surface area contributed by atoms with Crippen LogP contribution in [-0.2, 0) is 0 Å². The van der Waals surface area contributed by atoms with Gasteiger partial charge in [-0.15, -0.1) is 0 Å². The van der Waals surface area contributed by atoms with Crippen molar-refractivity contribution in [2.45, 2.75) is 41.0 Å². The Balaban J connectivity index is 0.00000121. The average Bonchev–Trinajstić information content (AvgIpc) is 2.51. The molecule has 118 valence electrons. The fourth-order valence-electron chi connectivity index (χ4n) is 3.08. The molecule has 3 aromatic rings. The molecule has 0 saturated carbocycles. The molecule has 0 spiro atoms. The lowest BCUT2D eigenvalue weighted by atomic mass is 9.87. The molecule has 0 heterocycles. The van der Waals surface area contributed by atoms with Crippen LogP contribution in [0.5, 0.6) is 5.75 Å². The smallest absolute Gasteiger partial charge is 0.134 e. The average molecular weight is 296 g/mol. The highest BCUT2D eigenvalue weighted by Crippen LogP contribution is 2.41. The van der Waals surface area contributed by atoms with E-state index in [1.807, 2.05) is 0 Å². The first-order chi connectivity index (χ1) is 9.77. The van der Waals surface area contributed by atoms with Crippen molar-refractivity contribution in [3.63, 3.8) is 0 Å². The highest BCUT2D eigenvalue weighted by molar-refractivity contribution is 6.08. The van der Waals surface area contributed by atoms with Gasteiger partial charge in [0.1, 0.15) is 5.75 Å². The molecule has 0 aromatic heterocycles. The summed E-state index contributed by atoms with van der Waals surface area (Å²) in [4.78, 5) is 0. The molecule has 0 radical (unpaired) electrons. The monoisotopic (exact) mass is 296 g/mol. The molecule has 3 rings (SSSR count). The van der Waals surface area contributed by atoms with E-state index in [1.54, 1.807) is 7.11 Å². The maximum Gasteiger partial charge on any atom is 0.134 e. The number of rotatable bonds is 3. The van der Waals surface area contributed by atoms with Crippen LogP contribution in [0.1, 0.15) is 46.6 Å². The summed E-state index contributed by atoms with van der Waals surface area (Å²) in [5.41, 5.74) is 1.44. The van der Waals surface area contributed by atoms with Gasteiger partial charge in [0.15, 0.2) is 0 Å². The first-order valence-corrected chi connectivity index (χ1v) is 7.25. The third kappa shape index (κ3) is 2.68. The van der Waals surface area contributed by atoms with Gasteiger partial charge >= 0.3 is 0 Å². The Hall–Kier alpha value is -2.02. The number of benzene rings is 3. The van der Waals surface area contributed by atoms with E-state index in [1.165, 1.54) is 27.1 Å². The largest absolute Gasteiger partial charge is 0.495 e. The molecule has 0 aliphatic carbocycles. The predicted molar refractivity (Wildman–Crippen MR) is 100 cm³/mol. The molecule has 0 N–H and O–H groups in total. The third-order valence-electron chi connectivity index (χ3n) is 4.23. The topological polar surface area (TPSA) is 9.23 Å². The van der Waals surface area contributed by atoms with Crippen molar-refractivity contribution in [1.82, 2.24) is 0 Å². The normalized spacial score (nSPS) is 11.6. The van der Waals surface area contributed by atoms with Crippen LogP contribution in [0.3, 0.4) is 0 Å². The second kappa shape index (κ2) is 7.31. The van der Waals surface area contributed by atoms with Crippen molar-refractivity contribution in [3.05, 3.63) is 54.1 Å². The molecule has 0 amide bonds. The van der Waals surface area contributed by atoms with Crippen LogP contribution in [0.2, 0.25) is 0 Å². The molecule has 1 unspecified atom stereocenters. The summed E-state index contributed by atoms with van der Waals surface area (Å²) in [5, 5.41) is 5.06. The van der Waals surface area contributed by atoms with Crippen molar-refractivity contribution in [2.24, 2.45) is 0 Å². The zero-order valence-corrected chi connectivity index (χ0v) is 12.3. The van der Waals surface area contributed by atoms with Crippen molar-refractivity contribution >= 4 is 21.5 Å². The summed E-state index contributed by atoms with van der Waals surface area (Å²) in [5.74, 6) is 1.53. The van der Waals surface area contributed by atoms with Crippen molar-refractivity contribution in [1.29, 1.82) is 0 Å². The number of hydrogen-bond acceptors (Lipinski definition) is 1. The first-order valence-electron chi connectivity index (χ1n) is 7.25. The molecule has 0 saturated heterocycles. The lowest BCUT2D eigenvalue weighted by Gasteiger charge is -2.19. The summed E-state index contributed by atoms with van der Waals surface area (Å²) < 4.78 is 5.71. The Bertz CT molecular complexity index is 701. The minimum atomic E-state index is 0. The number of ether oxygens (including phenoxy) is 1. The Labute approximate surface area is 134 Å². The summed E-state index contributed by atoms with van der Waals surface area (Å²) in [6.45, 7) is 4.55. The molecule has 1 heteroatoms. The minimum Gasteiger partial charge on any atom is -0.495 e. The second-order valence-electron chi connectivity index (χ2n) is 5.35. The van der Waals surface area contributed by atoms with E-state index in [0.717, 1.165) is 12.2 Å². The van der Waals surface area contributed by atoms with Crippen LogP contribution in [0, 0.1) is 0 Å². The van der Waals surface area contributed by atoms with Crippen LogP contribution in [-0.4, -0.2) is 7.11 Å². The fraction of sp³-hybridized carbons (Fsp3) is 0.333. The lowest BCUT2D eigenvalue weighted by molar-refractivity contribution is 0.424. The van der Waals surface area contributed by atoms with Gasteiger partial charge in [0, 0.05) is 10.8 Å². The number of methoxy groups -OCH3 is 1. The summed E-state index contributed by atoms with van der Waals surface area (Å²) in [7, 11) is 1.76. The zero-order valence-electron chi connectivity index (χ0n) is 12.3. The van der Waals surface area contributed by atoms with Crippen LogP contribution < -0.4 is 4.74 Å². The van der Waals surface area contributed by atoms with E-state index >= 15 is 0 Å². The first kappa shape index (κ1) is 18.0. The van der Waals surface area contributed by atoms with E-state index in [2.05, 4.69) is 62.4 Å². The van der Waals surface area contributed by atoms with Gasteiger partial charge in [-0.1, -0.05) is 77.2 Å². The van der Waals surface area contributed by atoms with Gasteiger partial charge in [0.05, 0.1) is 7.11 Å². The molecule has 0 aliphatic rings. The highest BCUT2D eigenvalue weighted by Gasteiger charge is 2.16. The van der Waals surface area contributed by atoms with Crippen LogP contribution in [0.15, 0.2) is 48.5 Å². The van der Waals surface area contributed by atoms with Crippen molar-refractivity contribution in [2.75, 3.05) is 7.11 Å². The van der Waals surface area contributed by atoms with Crippen molar-refractivity contribution < 1.29 is 4.74 Å². The second-order valence-corrected chi connectivity index (χ2v) is 5.35. The van der Waals surface area contributed by atoms with E-state index in [-0.39, 0.29) is 14.9 Å². The predicted octanol–water partition coefficient (Wildman–Crippen LogP) is 6.79. The standard InChI is InChI=1S/C19H20O.2CH4/c1-4-13(2)18-14-9-5-7-11-16(14)19(20-3)17-12-8-6-10-15(17)18;;/h5-13H,4H2,1-3H3;2*1H4. The van der Waals surface area contributed by atoms with Crippen LogP contribution in [0.25, 0.3) is 21.5 Å². The Morgan fingerprint density at radius 3 is 1.59 bits per heavy atom. The molecule has 22 heavy (non-hydrogen) atoms. The molecule has 0 bridgehead atoms. The molecule has 3 aromatic carbocycles. The number of fused-ring (bicyclic) bond motifs is 2. The molecule has 0 aliphatic heterocycles. The van der Waals surface area contributed by atoms with Gasteiger partial charge in [-0.3, -0.25) is 0 Å². The van der Waals surface area contributed by atoms with Gasteiger partial charge in [-0.25, -0.2) is 0 Å². The van der Waals surface area contributed by atoms with Gasteiger partial charge in [0.25, 0.3) is 0 Å².